The molecule has 2 heterocycles. The molecule has 2 aromatic carbocycles. The third kappa shape index (κ3) is 6.54. The fourth-order valence-electron chi connectivity index (χ4n) is 3.44. The lowest BCUT2D eigenvalue weighted by molar-refractivity contribution is 0.0322. The summed E-state index contributed by atoms with van der Waals surface area (Å²) in [6.07, 6.45) is 1.75. The average Bonchev–Trinajstić information content (AvgIpc) is 2.85. The van der Waals surface area contributed by atoms with E-state index in [9.17, 15) is 4.79 Å². The van der Waals surface area contributed by atoms with Crippen LogP contribution in [-0.2, 0) is 11.3 Å². The van der Waals surface area contributed by atoms with Crippen molar-refractivity contribution >= 4 is 11.8 Å². The number of ether oxygens (including phenoxy) is 2. The first-order valence-corrected chi connectivity index (χ1v) is 10.8. The van der Waals surface area contributed by atoms with Gasteiger partial charge in [-0.2, -0.15) is 0 Å². The van der Waals surface area contributed by atoms with Crippen molar-refractivity contribution in [3.8, 4) is 16.9 Å². The van der Waals surface area contributed by atoms with Crippen molar-refractivity contribution in [1.82, 2.24) is 15.2 Å². The van der Waals surface area contributed by atoms with Crippen LogP contribution in [0.4, 0.5) is 10.6 Å². The average molecular weight is 433 g/mol. The summed E-state index contributed by atoms with van der Waals surface area (Å²) in [6.45, 7) is 5.57. The van der Waals surface area contributed by atoms with E-state index in [0.29, 0.717) is 19.0 Å². The molecule has 7 nitrogen and oxygen atoms in total. The lowest BCUT2D eigenvalue weighted by atomic mass is 10.1. The number of amides is 2. The maximum absolute atomic E-state index is 12.1. The van der Waals surface area contributed by atoms with Crippen molar-refractivity contribution in [1.29, 1.82) is 0 Å². The number of hydrogen-bond donors (Lipinski definition) is 2. The molecular formula is C25H28N4O3. The van der Waals surface area contributed by atoms with Crippen LogP contribution in [0.15, 0.2) is 72.9 Å². The molecule has 2 amide bonds. The molecule has 0 atom stereocenters. The fourth-order valence-corrected chi connectivity index (χ4v) is 3.44. The number of benzene rings is 2. The molecule has 0 radical (unpaired) electrons. The van der Waals surface area contributed by atoms with Crippen LogP contribution in [0.1, 0.15) is 5.56 Å². The van der Waals surface area contributed by atoms with E-state index in [-0.39, 0.29) is 6.03 Å². The summed E-state index contributed by atoms with van der Waals surface area (Å²) in [4.78, 5) is 18.8. The van der Waals surface area contributed by atoms with Gasteiger partial charge in [0, 0.05) is 37.9 Å². The van der Waals surface area contributed by atoms with Crippen LogP contribution < -0.4 is 15.4 Å². The van der Waals surface area contributed by atoms with Crippen molar-refractivity contribution in [2.45, 2.75) is 6.54 Å². The Balaban J connectivity index is 1.23. The standard InChI is InChI=1S/C25H28N4O3/c30-25(27-18-20-4-2-1-3-5-20)28-24-11-8-22(19-26-24)21-6-9-23(10-7-21)32-17-14-29-12-15-31-16-13-29/h1-11,19H,12-18H2,(H2,26,27,28,30). The number of morpholine rings is 1. The summed E-state index contributed by atoms with van der Waals surface area (Å²) in [6, 6.07) is 21.2. The van der Waals surface area contributed by atoms with E-state index >= 15 is 0 Å². The molecular weight excluding hydrogens is 404 g/mol. The minimum absolute atomic E-state index is 0.285. The minimum atomic E-state index is -0.285. The number of nitrogens with one attached hydrogen (secondary N) is 2. The van der Waals surface area contributed by atoms with Gasteiger partial charge < -0.3 is 14.8 Å². The normalized spacial score (nSPS) is 14.0. The van der Waals surface area contributed by atoms with Crippen molar-refractivity contribution in [2.24, 2.45) is 0 Å². The van der Waals surface area contributed by atoms with E-state index in [0.717, 1.165) is 55.3 Å². The Hall–Kier alpha value is -3.42. The Bertz CT molecular complexity index is 972. The van der Waals surface area contributed by atoms with Gasteiger partial charge in [-0.25, -0.2) is 9.78 Å². The second-order valence-electron chi connectivity index (χ2n) is 7.55. The first-order valence-electron chi connectivity index (χ1n) is 10.8. The van der Waals surface area contributed by atoms with E-state index in [1.54, 1.807) is 12.3 Å². The van der Waals surface area contributed by atoms with Crippen LogP contribution in [0, 0.1) is 0 Å². The van der Waals surface area contributed by atoms with Crippen LogP contribution in [0.5, 0.6) is 5.75 Å². The summed E-state index contributed by atoms with van der Waals surface area (Å²) in [5, 5.41) is 5.58. The number of urea groups is 1. The van der Waals surface area contributed by atoms with Gasteiger partial charge in [-0.1, -0.05) is 42.5 Å². The van der Waals surface area contributed by atoms with Gasteiger partial charge in [0.15, 0.2) is 0 Å². The smallest absolute Gasteiger partial charge is 0.320 e. The molecule has 32 heavy (non-hydrogen) atoms. The second-order valence-corrected chi connectivity index (χ2v) is 7.55. The topological polar surface area (TPSA) is 75.7 Å². The van der Waals surface area contributed by atoms with Gasteiger partial charge in [-0.15, -0.1) is 0 Å². The highest BCUT2D eigenvalue weighted by molar-refractivity contribution is 5.88. The second kappa shape index (κ2) is 11.3. The van der Waals surface area contributed by atoms with Gasteiger partial charge >= 0.3 is 6.03 Å². The lowest BCUT2D eigenvalue weighted by Gasteiger charge is -2.26. The van der Waals surface area contributed by atoms with E-state index < -0.39 is 0 Å². The highest BCUT2D eigenvalue weighted by atomic mass is 16.5. The highest BCUT2D eigenvalue weighted by Crippen LogP contribution is 2.22. The molecule has 1 fully saturated rings. The van der Waals surface area contributed by atoms with Gasteiger partial charge in [0.05, 0.1) is 13.2 Å². The molecule has 0 spiro atoms. The molecule has 0 unspecified atom stereocenters. The van der Waals surface area contributed by atoms with Crippen molar-refractivity contribution in [3.05, 3.63) is 78.5 Å². The third-order valence-corrected chi connectivity index (χ3v) is 5.27. The number of rotatable bonds is 8. The van der Waals surface area contributed by atoms with Gasteiger partial charge in [-0.3, -0.25) is 10.2 Å². The Morgan fingerprint density at radius 3 is 2.44 bits per heavy atom. The lowest BCUT2D eigenvalue weighted by Crippen LogP contribution is -2.38. The number of anilines is 1. The zero-order valence-corrected chi connectivity index (χ0v) is 18.0. The number of pyridine rings is 1. The quantitative estimate of drug-likeness (QED) is 0.567. The van der Waals surface area contributed by atoms with E-state index in [1.807, 2.05) is 60.7 Å². The Morgan fingerprint density at radius 2 is 1.72 bits per heavy atom. The maximum Gasteiger partial charge on any atom is 0.320 e. The number of aromatic nitrogens is 1. The molecule has 0 aliphatic carbocycles. The number of carbonyl (C=O) groups is 1. The van der Waals surface area contributed by atoms with Crippen LogP contribution in [0.2, 0.25) is 0 Å². The van der Waals surface area contributed by atoms with Crippen LogP contribution >= 0.6 is 0 Å². The molecule has 3 aromatic rings. The Kier molecular flexibility index (Phi) is 7.68. The SMILES string of the molecule is O=C(NCc1ccccc1)Nc1ccc(-c2ccc(OCCN3CCOCC3)cc2)cn1. The van der Waals surface area contributed by atoms with Gasteiger partial charge in [0.1, 0.15) is 18.2 Å². The molecule has 0 saturated carbocycles. The summed E-state index contributed by atoms with van der Waals surface area (Å²) in [5.41, 5.74) is 3.05. The molecule has 1 aliphatic rings. The van der Waals surface area contributed by atoms with Crippen LogP contribution in [0.3, 0.4) is 0 Å². The number of carbonyl (C=O) groups excluding carboxylic acids is 1. The monoisotopic (exact) mass is 432 g/mol. The predicted octanol–water partition coefficient (Wildman–Crippen LogP) is 3.78. The number of nitrogens with zero attached hydrogens (tertiary/aromatic N) is 2. The summed E-state index contributed by atoms with van der Waals surface area (Å²) >= 11 is 0. The summed E-state index contributed by atoms with van der Waals surface area (Å²) < 4.78 is 11.2. The molecule has 1 aliphatic heterocycles. The maximum atomic E-state index is 12.1. The van der Waals surface area contributed by atoms with E-state index in [2.05, 4.69) is 20.5 Å². The van der Waals surface area contributed by atoms with Crippen molar-refractivity contribution < 1.29 is 14.3 Å². The molecule has 0 bridgehead atoms. The first kappa shape index (κ1) is 21.8. The molecule has 4 rings (SSSR count). The minimum Gasteiger partial charge on any atom is -0.492 e. The molecule has 2 N–H and O–H groups in total. The third-order valence-electron chi connectivity index (χ3n) is 5.27. The van der Waals surface area contributed by atoms with Gasteiger partial charge in [-0.05, 0) is 35.4 Å². The highest BCUT2D eigenvalue weighted by Gasteiger charge is 2.10. The Morgan fingerprint density at radius 1 is 0.969 bits per heavy atom. The summed E-state index contributed by atoms with van der Waals surface area (Å²) in [5.74, 6) is 1.35. The van der Waals surface area contributed by atoms with Gasteiger partial charge in [0.25, 0.3) is 0 Å². The number of hydrogen-bond acceptors (Lipinski definition) is 5. The van der Waals surface area contributed by atoms with E-state index in [1.165, 1.54) is 0 Å². The van der Waals surface area contributed by atoms with Crippen LogP contribution in [-0.4, -0.2) is 55.4 Å². The van der Waals surface area contributed by atoms with Gasteiger partial charge in [0.2, 0.25) is 0 Å². The fraction of sp³-hybridized carbons (Fsp3) is 0.280. The van der Waals surface area contributed by atoms with Crippen molar-refractivity contribution in [3.63, 3.8) is 0 Å². The molecule has 1 aromatic heterocycles. The zero-order valence-electron chi connectivity index (χ0n) is 18.0. The predicted molar refractivity (Wildman–Crippen MR) is 125 cm³/mol. The van der Waals surface area contributed by atoms with Crippen molar-refractivity contribution in [2.75, 3.05) is 44.8 Å². The molecule has 7 heteroatoms. The Labute approximate surface area is 188 Å². The van der Waals surface area contributed by atoms with E-state index in [4.69, 9.17) is 9.47 Å². The van der Waals surface area contributed by atoms with Crippen LogP contribution in [0.25, 0.3) is 11.1 Å². The largest absolute Gasteiger partial charge is 0.492 e. The zero-order chi connectivity index (χ0) is 22.0. The first-order chi connectivity index (χ1) is 15.8. The molecule has 1 saturated heterocycles. The molecule has 166 valence electrons. The summed E-state index contributed by atoms with van der Waals surface area (Å²) in [7, 11) is 0.